The molecule has 0 aliphatic heterocycles. The average Bonchev–Trinajstić information content (AvgIpc) is 2.85. The highest BCUT2D eigenvalue weighted by Gasteiger charge is 2.18. The molecule has 3 nitrogen and oxygen atoms in total. The highest BCUT2D eigenvalue weighted by Crippen LogP contribution is 2.25. The van der Waals surface area contributed by atoms with Crippen molar-refractivity contribution in [1.29, 1.82) is 0 Å². The molecule has 0 saturated heterocycles. The van der Waals surface area contributed by atoms with Gasteiger partial charge in [-0.3, -0.25) is 4.68 Å². The summed E-state index contributed by atoms with van der Waals surface area (Å²) >= 11 is 3.56. The van der Waals surface area contributed by atoms with Crippen LogP contribution >= 0.6 is 15.9 Å². The molecule has 1 atom stereocenters. The average molecular weight is 348 g/mol. The van der Waals surface area contributed by atoms with Gasteiger partial charge in [0, 0.05) is 35.9 Å². The summed E-state index contributed by atoms with van der Waals surface area (Å²) in [6.45, 7) is 3.09. The van der Waals surface area contributed by atoms with E-state index in [1.165, 1.54) is 39.7 Å². The van der Waals surface area contributed by atoms with Gasteiger partial charge in [-0.1, -0.05) is 28.9 Å². The SMILES string of the molecule is CCc1nn(C)cc1CNC1CCc2cc(Br)ccc2C1. The second-order valence-corrected chi connectivity index (χ2v) is 6.78. The molecule has 3 rings (SSSR count). The number of halogens is 1. The highest BCUT2D eigenvalue weighted by molar-refractivity contribution is 9.10. The zero-order valence-electron chi connectivity index (χ0n) is 12.7. The second kappa shape index (κ2) is 6.32. The molecule has 0 fully saturated rings. The van der Waals surface area contributed by atoms with Crippen LogP contribution in [0.3, 0.4) is 0 Å². The number of aryl methyl sites for hydroxylation is 3. The monoisotopic (exact) mass is 347 g/mol. The number of hydrogen-bond acceptors (Lipinski definition) is 2. The first-order valence-electron chi connectivity index (χ1n) is 7.67. The fourth-order valence-corrected chi connectivity index (χ4v) is 3.59. The van der Waals surface area contributed by atoms with Gasteiger partial charge in [0.15, 0.2) is 0 Å². The van der Waals surface area contributed by atoms with E-state index in [1.54, 1.807) is 0 Å². The zero-order chi connectivity index (χ0) is 14.8. The third kappa shape index (κ3) is 3.38. The van der Waals surface area contributed by atoms with E-state index >= 15 is 0 Å². The summed E-state index contributed by atoms with van der Waals surface area (Å²) in [5.41, 5.74) is 5.54. The van der Waals surface area contributed by atoms with Crippen LogP contribution in [0.15, 0.2) is 28.9 Å². The lowest BCUT2D eigenvalue weighted by atomic mass is 9.88. The van der Waals surface area contributed by atoms with E-state index in [-0.39, 0.29) is 0 Å². The summed E-state index contributed by atoms with van der Waals surface area (Å²) in [5, 5.41) is 8.23. The molecule has 0 spiro atoms. The van der Waals surface area contributed by atoms with Gasteiger partial charge in [-0.05, 0) is 48.9 Å². The summed E-state index contributed by atoms with van der Waals surface area (Å²) in [4.78, 5) is 0. The van der Waals surface area contributed by atoms with Gasteiger partial charge in [-0.15, -0.1) is 0 Å². The number of benzene rings is 1. The number of aromatic nitrogens is 2. The maximum atomic E-state index is 4.51. The number of fused-ring (bicyclic) bond motifs is 1. The van der Waals surface area contributed by atoms with E-state index in [1.807, 2.05) is 11.7 Å². The molecular formula is C17H22BrN3. The van der Waals surface area contributed by atoms with Crippen molar-refractivity contribution in [2.24, 2.45) is 7.05 Å². The van der Waals surface area contributed by atoms with E-state index in [2.05, 4.69) is 57.7 Å². The molecule has 0 amide bonds. The standard InChI is InChI=1S/C17H22BrN3/c1-3-17-14(11-21(2)20-17)10-19-16-7-5-12-8-15(18)6-4-13(12)9-16/h4,6,8,11,16,19H,3,5,7,9-10H2,1-2H3. The quantitative estimate of drug-likeness (QED) is 0.918. The number of nitrogens with one attached hydrogen (secondary N) is 1. The Morgan fingerprint density at radius 3 is 3.05 bits per heavy atom. The van der Waals surface area contributed by atoms with Gasteiger partial charge < -0.3 is 5.32 Å². The number of hydrogen-bond donors (Lipinski definition) is 1. The summed E-state index contributed by atoms with van der Waals surface area (Å²) in [6, 6.07) is 7.25. The van der Waals surface area contributed by atoms with Crippen LogP contribution in [0, 0.1) is 0 Å². The van der Waals surface area contributed by atoms with Crippen molar-refractivity contribution in [3.05, 3.63) is 51.3 Å². The van der Waals surface area contributed by atoms with Crippen LogP contribution in [0.4, 0.5) is 0 Å². The first-order valence-corrected chi connectivity index (χ1v) is 8.47. The van der Waals surface area contributed by atoms with Crippen LogP contribution in [0.5, 0.6) is 0 Å². The predicted octanol–water partition coefficient (Wildman–Crippen LogP) is 3.39. The Bertz CT molecular complexity index is 633. The van der Waals surface area contributed by atoms with Crippen molar-refractivity contribution < 1.29 is 0 Å². The van der Waals surface area contributed by atoms with Crippen molar-refractivity contribution in [2.45, 2.75) is 45.2 Å². The van der Waals surface area contributed by atoms with Crippen LogP contribution in [0.25, 0.3) is 0 Å². The van der Waals surface area contributed by atoms with Crippen LogP contribution < -0.4 is 5.32 Å². The Balaban J connectivity index is 1.63. The van der Waals surface area contributed by atoms with Gasteiger partial charge in [-0.2, -0.15) is 5.10 Å². The van der Waals surface area contributed by atoms with Crippen molar-refractivity contribution in [3.63, 3.8) is 0 Å². The van der Waals surface area contributed by atoms with Gasteiger partial charge >= 0.3 is 0 Å². The summed E-state index contributed by atoms with van der Waals surface area (Å²) in [5.74, 6) is 0. The van der Waals surface area contributed by atoms with E-state index in [9.17, 15) is 0 Å². The summed E-state index contributed by atoms with van der Waals surface area (Å²) in [6.07, 6.45) is 6.65. The minimum Gasteiger partial charge on any atom is -0.309 e. The Morgan fingerprint density at radius 1 is 1.38 bits per heavy atom. The molecule has 1 heterocycles. The Labute approximate surface area is 134 Å². The first-order chi connectivity index (χ1) is 10.2. The maximum Gasteiger partial charge on any atom is 0.0666 e. The molecule has 2 aromatic rings. The Morgan fingerprint density at radius 2 is 2.24 bits per heavy atom. The zero-order valence-corrected chi connectivity index (χ0v) is 14.3. The van der Waals surface area contributed by atoms with E-state index < -0.39 is 0 Å². The maximum absolute atomic E-state index is 4.51. The van der Waals surface area contributed by atoms with Crippen molar-refractivity contribution >= 4 is 15.9 Å². The second-order valence-electron chi connectivity index (χ2n) is 5.86. The van der Waals surface area contributed by atoms with Crippen LogP contribution in [0.2, 0.25) is 0 Å². The van der Waals surface area contributed by atoms with E-state index in [0.717, 1.165) is 19.4 Å². The number of nitrogens with zero attached hydrogens (tertiary/aromatic N) is 2. The van der Waals surface area contributed by atoms with Crippen molar-refractivity contribution in [3.8, 4) is 0 Å². The third-order valence-corrected chi connectivity index (χ3v) is 4.80. The molecule has 4 heteroatoms. The molecule has 1 aliphatic rings. The minimum atomic E-state index is 0.573. The van der Waals surface area contributed by atoms with Gasteiger partial charge in [0.2, 0.25) is 0 Å². The van der Waals surface area contributed by atoms with Gasteiger partial charge in [-0.25, -0.2) is 0 Å². The lowest BCUT2D eigenvalue weighted by Gasteiger charge is -2.25. The van der Waals surface area contributed by atoms with E-state index in [4.69, 9.17) is 0 Å². The molecule has 0 bridgehead atoms. The predicted molar refractivity (Wildman–Crippen MR) is 89.4 cm³/mol. The van der Waals surface area contributed by atoms with Crippen LogP contribution in [-0.2, 0) is 32.9 Å². The fraction of sp³-hybridized carbons (Fsp3) is 0.471. The number of rotatable bonds is 4. The molecule has 21 heavy (non-hydrogen) atoms. The molecule has 1 aliphatic carbocycles. The van der Waals surface area contributed by atoms with Crippen LogP contribution in [0.1, 0.15) is 35.7 Å². The third-order valence-electron chi connectivity index (χ3n) is 4.30. The topological polar surface area (TPSA) is 29.9 Å². The van der Waals surface area contributed by atoms with E-state index in [0.29, 0.717) is 6.04 Å². The molecule has 0 radical (unpaired) electrons. The molecule has 1 aromatic carbocycles. The molecule has 1 aromatic heterocycles. The Kier molecular flexibility index (Phi) is 4.45. The van der Waals surface area contributed by atoms with Crippen molar-refractivity contribution in [2.75, 3.05) is 0 Å². The van der Waals surface area contributed by atoms with Crippen LogP contribution in [-0.4, -0.2) is 15.8 Å². The van der Waals surface area contributed by atoms with Gasteiger partial charge in [0.05, 0.1) is 5.69 Å². The lowest BCUT2D eigenvalue weighted by Crippen LogP contribution is -2.34. The molecule has 1 unspecified atom stereocenters. The highest BCUT2D eigenvalue weighted by atomic mass is 79.9. The molecule has 1 N–H and O–H groups in total. The van der Waals surface area contributed by atoms with Crippen molar-refractivity contribution in [1.82, 2.24) is 15.1 Å². The minimum absolute atomic E-state index is 0.573. The summed E-state index contributed by atoms with van der Waals surface area (Å²) in [7, 11) is 2.00. The molecular weight excluding hydrogens is 326 g/mol. The largest absolute Gasteiger partial charge is 0.309 e. The molecule has 112 valence electrons. The van der Waals surface area contributed by atoms with Gasteiger partial charge in [0.1, 0.15) is 0 Å². The molecule has 0 saturated carbocycles. The lowest BCUT2D eigenvalue weighted by molar-refractivity contribution is 0.457. The first kappa shape index (κ1) is 14.8. The summed E-state index contributed by atoms with van der Waals surface area (Å²) < 4.78 is 3.11. The fourth-order valence-electron chi connectivity index (χ4n) is 3.18. The van der Waals surface area contributed by atoms with Gasteiger partial charge in [0.25, 0.3) is 0 Å². The smallest absolute Gasteiger partial charge is 0.0666 e. The normalized spacial score (nSPS) is 17.8. The Hall–Kier alpha value is -1.13.